The van der Waals surface area contributed by atoms with Gasteiger partial charge in [-0.05, 0) is 75.6 Å². The molecule has 28 heavy (non-hydrogen) atoms. The molecule has 2 aromatic carbocycles. The van der Waals surface area contributed by atoms with Crippen LogP contribution < -0.4 is 15.4 Å². The molecule has 2 aliphatic heterocycles. The van der Waals surface area contributed by atoms with Crippen molar-refractivity contribution in [2.24, 2.45) is 0 Å². The van der Waals surface area contributed by atoms with E-state index in [0.29, 0.717) is 5.57 Å². The Balaban J connectivity index is 1.24. The number of nitrogens with one attached hydrogen (secondary N) is 2. The Hall–Kier alpha value is -2.79. The number of benzene rings is 2. The van der Waals surface area contributed by atoms with Crippen molar-refractivity contribution in [2.45, 2.75) is 25.7 Å². The van der Waals surface area contributed by atoms with Gasteiger partial charge in [0.1, 0.15) is 5.75 Å². The minimum absolute atomic E-state index is 0.0809. The quantitative estimate of drug-likeness (QED) is 0.531. The van der Waals surface area contributed by atoms with Crippen LogP contribution in [0.5, 0.6) is 5.75 Å². The Labute approximate surface area is 166 Å². The largest absolute Gasteiger partial charge is 0.494 e. The van der Waals surface area contributed by atoms with Gasteiger partial charge in [-0.25, -0.2) is 0 Å². The van der Waals surface area contributed by atoms with Gasteiger partial charge < -0.3 is 20.3 Å². The van der Waals surface area contributed by atoms with Crippen molar-refractivity contribution in [1.29, 1.82) is 0 Å². The third kappa shape index (κ3) is 4.54. The van der Waals surface area contributed by atoms with Crippen molar-refractivity contribution in [1.82, 2.24) is 4.90 Å². The fraction of sp³-hybridized carbons (Fsp3) is 0.348. The minimum atomic E-state index is -0.0809. The Kier molecular flexibility index (Phi) is 5.92. The number of amides is 1. The number of ether oxygens (including phenoxy) is 1. The first-order valence-corrected chi connectivity index (χ1v) is 10.1. The van der Waals surface area contributed by atoms with Gasteiger partial charge in [-0.1, -0.05) is 18.2 Å². The Morgan fingerprint density at radius 1 is 1.04 bits per heavy atom. The fourth-order valence-electron chi connectivity index (χ4n) is 3.72. The molecule has 0 spiro atoms. The molecule has 2 heterocycles. The number of rotatable bonds is 8. The van der Waals surface area contributed by atoms with E-state index in [4.69, 9.17) is 4.74 Å². The third-order valence-electron chi connectivity index (χ3n) is 5.28. The van der Waals surface area contributed by atoms with Gasteiger partial charge in [-0.3, -0.25) is 4.79 Å². The maximum atomic E-state index is 12.1. The lowest BCUT2D eigenvalue weighted by Crippen LogP contribution is -2.20. The molecule has 0 aliphatic carbocycles. The van der Waals surface area contributed by atoms with E-state index in [1.54, 1.807) is 6.20 Å². The Morgan fingerprint density at radius 2 is 1.82 bits per heavy atom. The summed E-state index contributed by atoms with van der Waals surface area (Å²) >= 11 is 0. The molecule has 0 radical (unpaired) electrons. The summed E-state index contributed by atoms with van der Waals surface area (Å²) in [5.41, 5.74) is 3.35. The second-order valence-electron chi connectivity index (χ2n) is 7.33. The number of carbonyl (C=O) groups is 1. The van der Waals surface area contributed by atoms with Gasteiger partial charge in [0.15, 0.2) is 0 Å². The topological polar surface area (TPSA) is 53.6 Å². The summed E-state index contributed by atoms with van der Waals surface area (Å²) in [6, 6.07) is 15.6. The van der Waals surface area contributed by atoms with Crippen molar-refractivity contribution in [3.8, 4) is 5.75 Å². The molecule has 4 rings (SSSR count). The number of unbranched alkanes of at least 4 members (excludes halogenated alkanes) is 1. The zero-order valence-corrected chi connectivity index (χ0v) is 16.1. The van der Waals surface area contributed by atoms with E-state index in [9.17, 15) is 4.79 Å². The molecule has 1 saturated heterocycles. The van der Waals surface area contributed by atoms with Gasteiger partial charge in [0.05, 0.1) is 12.2 Å². The molecule has 0 aromatic heterocycles. The van der Waals surface area contributed by atoms with Crippen LogP contribution in [-0.2, 0) is 4.79 Å². The van der Waals surface area contributed by atoms with E-state index in [1.165, 1.54) is 38.9 Å². The zero-order chi connectivity index (χ0) is 19.2. The van der Waals surface area contributed by atoms with Gasteiger partial charge in [-0.2, -0.15) is 0 Å². The molecule has 5 nitrogen and oxygen atoms in total. The molecule has 2 aromatic rings. The lowest BCUT2D eigenvalue weighted by molar-refractivity contribution is -0.110. The Morgan fingerprint density at radius 3 is 2.64 bits per heavy atom. The highest BCUT2D eigenvalue weighted by atomic mass is 16.5. The molecule has 0 saturated carbocycles. The number of nitrogens with zero attached hydrogens (tertiary/aromatic N) is 1. The van der Waals surface area contributed by atoms with Gasteiger partial charge in [0, 0.05) is 23.1 Å². The summed E-state index contributed by atoms with van der Waals surface area (Å²) < 4.78 is 5.84. The molecule has 146 valence electrons. The minimum Gasteiger partial charge on any atom is -0.494 e. The van der Waals surface area contributed by atoms with Crippen LogP contribution in [0.25, 0.3) is 5.57 Å². The van der Waals surface area contributed by atoms with E-state index >= 15 is 0 Å². The Bertz CT molecular complexity index is 839. The SMILES string of the molecule is O=C1Nc2ccccc2/C1=C\Nc1ccc(OCCCCN2CCCC2)cc1. The molecule has 1 amide bonds. The van der Waals surface area contributed by atoms with Crippen LogP contribution in [0.4, 0.5) is 11.4 Å². The maximum absolute atomic E-state index is 12.1. The second kappa shape index (κ2) is 8.93. The molecular formula is C23H27N3O2. The molecule has 0 bridgehead atoms. The molecule has 2 aliphatic rings. The summed E-state index contributed by atoms with van der Waals surface area (Å²) in [6.45, 7) is 4.47. The number of carbonyl (C=O) groups excluding carboxylic acids is 1. The van der Waals surface area contributed by atoms with Crippen molar-refractivity contribution in [3.05, 3.63) is 60.3 Å². The monoisotopic (exact) mass is 377 g/mol. The van der Waals surface area contributed by atoms with Crippen LogP contribution in [-0.4, -0.2) is 37.0 Å². The van der Waals surface area contributed by atoms with Crippen LogP contribution >= 0.6 is 0 Å². The van der Waals surface area contributed by atoms with Gasteiger partial charge in [0.25, 0.3) is 5.91 Å². The lowest BCUT2D eigenvalue weighted by atomic mass is 10.1. The van der Waals surface area contributed by atoms with Gasteiger partial charge >= 0.3 is 0 Å². The van der Waals surface area contributed by atoms with E-state index in [-0.39, 0.29) is 5.91 Å². The van der Waals surface area contributed by atoms with Crippen LogP contribution in [0.1, 0.15) is 31.2 Å². The van der Waals surface area contributed by atoms with Gasteiger partial charge in [0.2, 0.25) is 0 Å². The van der Waals surface area contributed by atoms with Gasteiger partial charge in [-0.15, -0.1) is 0 Å². The van der Waals surface area contributed by atoms with Crippen molar-refractivity contribution in [2.75, 3.05) is 36.9 Å². The highest BCUT2D eigenvalue weighted by Gasteiger charge is 2.23. The lowest BCUT2D eigenvalue weighted by Gasteiger charge is -2.14. The average Bonchev–Trinajstić information content (AvgIpc) is 3.34. The van der Waals surface area contributed by atoms with Crippen molar-refractivity contribution >= 4 is 22.9 Å². The summed E-state index contributed by atoms with van der Waals surface area (Å²) in [4.78, 5) is 14.7. The van der Waals surface area contributed by atoms with E-state index < -0.39 is 0 Å². The van der Waals surface area contributed by atoms with Crippen LogP contribution in [0, 0.1) is 0 Å². The predicted molar refractivity (Wildman–Crippen MR) is 114 cm³/mol. The first kappa shape index (κ1) is 18.6. The first-order chi connectivity index (χ1) is 13.8. The zero-order valence-electron chi connectivity index (χ0n) is 16.1. The predicted octanol–water partition coefficient (Wildman–Crippen LogP) is 4.35. The number of hydrogen-bond donors (Lipinski definition) is 2. The van der Waals surface area contributed by atoms with E-state index in [2.05, 4.69) is 15.5 Å². The highest BCUT2D eigenvalue weighted by Crippen LogP contribution is 2.31. The van der Waals surface area contributed by atoms with Crippen LogP contribution in [0.3, 0.4) is 0 Å². The maximum Gasteiger partial charge on any atom is 0.257 e. The average molecular weight is 377 g/mol. The molecule has 0 unspecified atom stereocenters. The molecule has 2 N–H and O–H groups in total. The summed E-state index contributed by atoms with van der Waals surface area (Å²) in [7, 11) is 0. The number of para-hydroxylation sites is 1. The molecule has 5 heteroatoms. The number of hydrogen-bond acceptors (Lipinski definition) is 4. The molecule has 0 atom stereocenters. The van der Waals surface area contributed by atoms with E-state index in [1.807, 2.05) is 48.5 Å². The van der Waals surface area contributed by atoms with Crippen molar-refractivity contribution in [3.63, 3.8) is 0 Å². The van der Waals surface area contributed by atoms with E-state index in [0.717, 1.165) is 35.7 Å². The van der Waals surface area contributed by atoms with Crippen molar-refractivity contribution < 1.29 is 9.53 Å². The number of anilines is 2. The summed E-state index contributed by atoms with van der Waals surface area (Å²) in [6.07, 6.45) is 6.73. The third-order valence-corrected chi connectivity index (χ3v) is 5.28. The normalized spacial score (nSPS) is 17.6. The molecular weight excluding hydrogens is 350 g/mol. The summed E-state index contributed by atoms with van der Waals surface area (Å²) in [5.74, 6) is 0.797. The second-order valence-corrected chi connectivity index (χ2v) is 7.33. The highest BCUT2D eigenvalue weighted by molar-refractivity contribution is 6.31. The van der Waals surface area contributed by atoms with Crippen LogP contribution in [0.2, 0.25) is 0 Å². The summed E-state index contributed by atoms with van der Waals surface area (Å²) in [5, 5.41) is 6.08. The number of likely N-dealkylation sites (tertiary alicyclic amines) is 1. The fourth-order valence-corrected chi connectivity index (χ4v) is 3.72. The number of fused-ring (bicyclic) bond motifs is 1. The standard InChI is InChI=1S/C23H27N3O2/c27-23-21(20-7-1-2-8-22(20)25-23)17-24-18-9-11-19(12-10-18)28-16-6-5-15-26-13-3-4-14-26/h1-2,7-12,17,24H,3-6,13-16H2,(H,25,27)/b21-17+. The molecule has 1 fully saturated rings. The van der Waals surface area contributed by atoms with Crippen LogP contribution in [0.15, 0.2) is 54.7 Å². The smallest absolute Gasteiger partial charge is 0.257 e. The first-order valence-electron chi connectivity index (χ1n) is 10.1.